The van der Waals surface area contributed by atoms with Crippen LogP contribution in [0.1, 0.15) is 22.3 Å². The third kappa shape index (κ3) is 2.93. The topological polar surface area (TPSA) is 0 Å². The molecule has 3 aliphatic rings. The maximum Gasteiger partial charge on any atom is 0.0731 e. The smallest absolute Gasteiger partial charge is 0.0731 e. The van der Waals surface area contributed by atoms with Gasteiger partial charge in [0.25, 0.3) is 0 Å². The van der Waals surface area contributed by atoms with Crippen LogP contribution in [0.25, 0.3) is 66.1 Å². The van der Waals surface area contributed by atoms with Crippen molar-refractivity contribution in [2.45, 2.75) is 15.2 Å². The SMILES string of the molecule is c1ccc2c(c1)Sc1cccc3ccc(-c4cccc5c4C4(c6ccccc6-5)c5ccccc5-c5c4ccc4ccccc54)c-2c13. The molecule has 212 valence electrons. The molecule has 1 heterocycles. The number of benzene rings is 8. The second-order valence-electron chi connectivity index (χ2n) is 12.7. The lowest BCUT2D eigenvalue weighted by molar-refractivity contribution is 0.796. The largest absolute Gasteiger partial charge is 0.0888 e. The van der Waals surface area contributed by atoms with Gasteiger partial charge in [0.1, 0.15) is 0 Å². The highest BCUT2D eigenvalue weighted by atomic mass is 32.2. The molecule has 1 atom stereocenters. The molecular weight excluding hydrogens is 573 g/mol. The molecule has 0 saturated carbocycles. The van der Waals surface area contributed by atoms with Gasteiger partial charge < -0.3 is 0 Å². The molecule has 1 aliphatic heterocycles. The van der Waals surface area contributed by atoms with Gasteiger partial charge in [-0.1, -0.05) is 157 Å². The van der Waals surface area contributed by atoms with E-state index in [9.17, 15) is 0 Å². The lowest BCUT2D eigenvalue weighted by Gasteiger charge is -2.33. The van der Waals surface area contributed by atoms with Gasteiger partial charge in [0.15, 0.2) is 0 Å². The highest BCUT2D eigenvalue weighted by molar-refractivity contribution is 7.99. The van der Waals surface area contributed by atoms with Gasteiger partial charge >= 0.3 is 0 Å². The van der Waals surface area contributed by atoms with Gasteiger partial charge in [0.05, 0.1) is 5.41 Å². The third-order valence-corrected chi connectivity index (χ3v) is 11.8. The molecule has 0 N–H and O–H groups in total. The molecule has 1 heteroatoms. The fourth-order valence-electron chi connectivity index (χ4n) is 9.01. The Morgan fingerprint density at radius 1 is 0.348 bits per heavy atom. The Morgan fingerprint density at radius 3 is 1.85 bits per heavy atom. The second-order valence-corrected chi connectivity index (χ2v) is 13.8. The standard InChI is InChI=1S/C45H26S/c1-2-13-29-27(11-1)24-26-38-42(29)34-15-4-7-20-37(34)45(38)36-19-6-3-14-30(36)32-17-10-18-33(44(32)45)31-25-23-28-12-9-22-40-41(28)43(31)35-16-5-8-21-39(35)46-40/h1-26H. The Labute approximate surface area is 272 Å². The molecule has 0 saturated heterocycles. The minimum absolute atomic E-state index is 0.428. The van der Waals surface area contributed by atoms with Crippen LogP contribution in [0.3, 0.4) is 0 Å². The number of fused-ring (bicyclic) bond motifs is 14. The molecule has 46 heavy (non-hydrogen) atoms. The van der Waals surface area contributed by atoms with Crippen molar-refractivity contribution in [1.82, 2.24) is 0 Å². The van der Waals surface area contributed by atoms with E-state index in [2.05, 4.69) is 158 Å². The summed E-state index contributed by atoms with van der Waals surface area (Å²) in [5, 5.41) is 5.27. The maximum absolute atomic E-state index is 2.43. The summed E-state index contributed by atoms with van der Waals surface area (Å²) < 4.78 is 0. The number of hydrogen-bond acceptors (Lipinski definition) is 1. The average molecular weight is 599 g/mol. The molecule has 0 fully saturated rings. The highest BCUT2D eigenvalue weighted by Crippen LogP contribution is 2.66. The van der Waals surface area contributed by atoms with Crippen LogP contribution in [0.15, 0.2) is 168 Å². The Balaban J connectivity index is 1.33. The normalized spacial score (nSPS) is 16.3. The zero-order chi connectivity index (χ0) is 30.0. The molecule has 0 radical (unpaired) electrons. The molecule has 0 nitrogen and oxygen atoms in total. The lowest BCUT2D eigenvalue weighted by atomic mass is 9.68. The van der Waals surface area contributed by atoms with Gasteiger partial charge in [0.2, 0.25) is 0 Å². The van der Waals surface area contributed by atoms with Crippen molar-refractivity contribution in [3.63, 3.8) is 0 Å². The molecule has 1 spiro atoms. The van der Waals surface area contributed by atoms with Gasteiger partial charge in [-0.15, -0.1) is 0 Å². The van der Waals surface area contributed by atoms with Crippen molar-refractivity contribution < 1.29 is 0 Å². The highest BCUT2D eigenvalue weighted by Gasteiger charge is 2.53. The summed E-state index contributed by atoms with van der Waals surface area (Å²) in [5.41, 5.74) is 15.8. The van der Waals surface area contributed by atoms with Crippen molar-refractivity contribution in [2.24, 2.45) is 0 Å². The molecular formula is C45H26S. The van der Waals surface area contributed by atoms with Crippen LogP contribution >= 0.6 is 11.8 Å². The van der Waals surface area contributed by atoms with Crippen LogP contribution in [0.4, 0.5) is 0 Å². The van der Waals surface area contributed by atoms with Crippen molar-refractivity contribution in [1.29, 1.82) is 0 Å². The van der Waals surface area contributed by atoms with E-state index < -0.39 is 5.41 Å². The maximum atomic E-state index is 2.43. The Hall–Kier alpha value is -5.37. The summed E-state index contributed by atoms with van der Waals surface area (Å²) in [7, 11) is 0. The van der Waals surface area contributed by atoms with E-state index in [0.717, 1.165) is 0 Å². The number of rotatable bonds is 1. The van der Waals surface area contributed by atoms with E-state index in [1.165, 1.54) is 98.1 Å². The average Bonchev–Trinajstić information content (AvgIpc) is 3.59. The first-order valence-electron chi connectivity index (χ1n) is 16.0. The zero-order valence-electron chi connectivity index (χ0n) is 24.9. The van der Waals surface area contributed by atoms with Crippen LogP contribution < -0.4 is 0 Å². The number of hydrogen-bond donors (Lipinski definition) is 0. The van der Waals surface area contributed by atoms with Crippen LogP contribution in [-0.2, 0) is 5.41 Å². The van der Waals surface area contributed by atoms with Crippen LogP contribution in [0.2, 0.25) is 0 Å². The third-order valence-electron chi connectivity index (χ3n) is 10.7. The van der Waals surface area contributed by atoms with Crippen LogP contribution in [0, 0.1) is 0 Å². The summed E-state index contributed by atoms with van der Waals surface area (Å²) in [6.45, 7) is 0. The lowest BCUT2D eigenvalue weighted by Crippen LogP contribution is -2.26. The molecule has 8 aromatic rings. The minimum atomic E-state index is -0.428. The van der Waals surface area contributed by atoms with E-state index in [1.807, 2.05) is 11.8 Å². The summed E-state index contributed by atoms with van der Waals surface area (Å²) in [6, 6.07) is 59.4. The van der Waals surface area contributed by atoms with Gasteiger partial charge in [-0.3, -0.25) is 0 Å². The molecule has 11 rings (SSSR count). The second kappa shape index (κ2) is 8.88. The Morgan fingerprint density at radius 2 is 0.957 bits per heavy atom. The summed E-state index contributed by atoms with van der Waals surface area (Å²) in [4.78, 5) is 2.66. The first-order chi connectivity index (χ1) is 22.8. The fraction of sp³-hybridized carbons (Fsp3) is 0.0222. The van der Waals surface area contributed by atoms with E-state index >= 15 is 0 Å². The molecule has 0 aromatic heterocycles. The predicted molar refractivity (Wildman–Crippen MR) is 193 cm³/mol. The minimum Gasteiger partial charge on any atom is -0.0888 e. The van der Waals surface area contributed by atoms with Gasteiger partial charge in [-0.2, -0.15) is 0 Å². The zero-order valence-corrected chi connectivity index (χ0v) is 25.7. The molecule has 0 amide bonds. The molecule has 8 aromatic carbocycles. The fourth-order valence-corrected chi connectivity index (χ4v) is 10.1. The molecule has 1 unspecified atom stereocenters. The van der Waals surface area contributed by atoms with Crippen molar-refractivity contribution in [2.75, 3.05) is 0 Å². The van der Waals surface area contributed by atoms with E-state index in [4.69, 9.17) is 0 Å². The predicted octanol–water partition coefficient (Wildman–Crippen LogP) is 12.1. The van der Waals surface area contributed by atoms with Crippen LogP contribution in [0.5, 0.6) is 0 Å². The van der Waals surface area contributed by atoms with E-state index in [0.29, 0.717) is 0 Å². The Bertz CT molecular complexity index is 2630. The van der Waals surface area contributed by atoms with Gasteiger partial charge in [0, 0.05) is 15.2 Å². The Kier molecular flexibility index (Phi) is 4.80. The summed E-state index contributed by atoms with van der Waals surface area (Å²) in [5.74, 6) is 0. The van der Waals surface area contributed by atoms with E-state index in [-0.39, 0.29) is 0 Å². The quantitative estimate of drug-likeness (QED) is 0.181. The molecule has 2 aliphatic carbocycles. The van der Waals surface area contributed by atoms with Gasteiger partial charge in [-0.05, 0) is 95.1 Å². The molecule has 0 bridgehead atoms. The van der Waals surface area contributed by atoms with E-state index in [1.54, 1.807) is 0 Å². The van der Waals surface area contributed by atoms with Crippen molar-refractivity contribution >= 4 is 33.3 Å². The summed E-state index contributed by atoms with van der Waals surface area (Å²) >= 11 is 1.90. The summed E-state index contributed by atoms with van der Waals surface area (Å²) in [6.07, 6.45) is 0. The van der Waals surface area contributed by atoms with Crippen molar-refractivity contribution in [3.8, 4) is 44.5 Å². The van der Waals surface area contributed by atoms with Crippen LogP contribution in [-0.4, -0.2) is 0 Å². The monoisotopic (exact) mass is 598 g/mol. The van der Waals surface area contributed by atoms with Crippen molar-refractivity contribution in [3.05, 3.63) is 180 Å². The van der Waals surface area contributed by atoms with Gasteiger partial charge in [-0.25, -0.2) is 0 Å². The first kappa shape index (κ1) is 24.9. The first-order valence-corrected chi connectivity index (χ1v) is 16.8.